The van der Waals surface area contributed by atoms with Gasteiger partial charge in [-0.05, 0) is 29.5 Å². The highest BCUT2D eigenvalue weighted by Crippen LogP contribution is 2.43. The number of aryl methyl sites for hydroxylation is 1. The van der Waals surface area contributed by atoms with Gasteiger partial charge in [0.05, 0.1) is 18.6 Å². The predicted octanol–water partition coefficient (Wildman–Crippen LogP) is -1.36. The molecule has 4 atom stereocenters. The molecule has 0 aromatic heterocycles. The van der Waals surface area contributed by atoms with E-state index in [1.54, 1.807) is 12.1 Å². The standard InChI is InChI=1S/C25H34N8O5/c1-12-6-5-7-13(18(12)23(2,3)4)20(36)29-15-11-33-22(27)28-14(10-32-16(34)8-9-17(32)35)19-24(33,25(15,37)38)31-21(26)30-19/h5-7,14-15,19,37-38H,8-11H2,1-4H3,(H2,27,28)(H,29,36)(H3,26,30,31). The van der Waals surface area contributed by atoms with Crippen LogP contribution in [0.15, 0.2) is 18.2 Å². The molecule has 4 heterocycles. The molecule has 4 saturated heterocycles. The summed E-state index contributed by atoms with van der Waals surface area (Å²) in [6.45, 7) is 7.65. The molecule has 5 rings (SSSR count). The first-order valence-corrected chi connectivity index (χ1v) is 12.6. The minimum absolute atomic E-state index is 0.0972. The summed E-state index contributed by atoms with van der Waals surface area (Å²) in [5, 5.41) is 51.6. The number of benzene rings is 1. The predicted molar refractivity (Wildman–Crippen MR) is 136 cm³/mol. The van der Waals surface area contributed by atoms with Gasteiger partial charge in [0.2, 0.25) is 17.6 Å². The Hall–Kier alpha value is -3.71. The second-order valence-electron chi connectivity index (χ2n) is 11.5. The quantitative estimate of drug-likeness (QED) is 0.173. The number of rotatable bonds is 4. The van der Waals surface area contributed by atoms with Crippen LogP contribution in [0.3, 0.4) is 0 Å². The molecule has 1 aromatic rings. The van der Waals surface area contributed by atoms with Crippen molar-refractivity contribution in [2.45, 2.75) is 75.5 Å². The van der Waals surface area contributed by atoms with Crippen LogP contribution in [0.25, 0.3) is 0 Å². The van der Waals surface area contributed by atoms with Gasteiger partial charge in [-0.15, -0.1) is 0 Å². The Bertz CT molecular complexity index is 1240. The van der Waals surface area contributed by atoms with Crippen molar-refractivity contribution in [3.05, 3.63) is 34.9 Å². The van der Waals surface area contributed by atoms with Gasteiger partial charge in [0.15, 0.2) is 17.6 Å². The van der Waals surface area contributed by atoms with Crippen molar-refractivity contribution < 1.29 is 24.6 Å². The molecule has 1 aromatic carbocycles. The van der Waals surface area contributed by atoms with E-state index in [1.807, 2.05) is 33.8 Å². The number of likely N-dealkylation sites (tertiary alicyclic amines) is 1. The monoisotopic (exact) mass is 526 g/mol. The number of guanidine groups is 2. The summed E-state index contributed by atoms with van der Waals surface area (Å²) in [5.74, 6) is -4.23. The molecule has 0 aliphatic carbocycles. The summed E-state index contributed by atoms with van der Waals surface area (Å²) in [5.41, 5.74) is 0.0135. The first kappa shape index (κ1) is 25.9. The topological polar surface area (TPSA) is 194 Å². The van der Waals surface area contributed by atoms with Crippen molar-refractivity contribution in [2.75, 3.05) is 13.1 Å². The third-order valence-electron chi connectivity index (χ3n) is 8.00. The SMILES string of the molecule is Cc1cccc(C(=O)NC2CN3C(=N)NC(CN4C(=O)CCC4=O)C4NC(=N)NC43C2(O)O)c1C(C)(C)C. The molecule has 1 spiro atoms. The molecule has 3 amide bonds. The van der Waals surface area contributed by atoms with Gasteiger partial charge in [-0.1, -0.05) is 32.9 Å². The van der Waals surface area contributed by atoms with E-state index in [4.69, 9.17) is 10.8 Å². The maximum Gasteiger partial charge on any atom is 0.252 e. The van der Waals surface area contributed by atoms with Gasteiger partial charge in [0.25, 0.3) is 5.91 Å². The minimum Gasteiger partial charge on any atom is -0.361 e. The summed E-state index contributed by atoms with van der Waals surface area (Å²) >= 11 is 0. The Morgan fingerprint density at radius 3 is 2.45 bits per heavy atom. The van der Waals surface area contributed by atoms with E-state index in [2.05, 4.69) is 21.3 Å². The van der Waals surface area contributed by atoms with Crippen molar-refractivity contribution >= 4 is 29.6 Å². The van der Waals surface area contributed by atoms with Crippen LogP contribution >= 0.6 is 0 Å². The largest absolute Gasteiger partial charge is 0.361 e. The zero-order chi connectivity index (χ0) is 27.8. The van der Waals surface area contributed by atoms with Crippen molar-refractivity contribution in [2.24, 2.45) is 0 Å². The van der Waals surface area contributed by atoms with Crippen LogP contribution in [0, 0.1) is 17.7 Å². The summed E-state index contributed by atoms with van der Waals surface area (Å²) in [7, 11) is 0. The minimum atomic E-state index is -2.65. The number of nitrogens with one attached hydrogen (secondary N) is 6. The fraction of sp³-hybridized carbons (Fsp3) is 0.560. The number of imide groups is 1. The molecular formula is C25H34N8O5. The van der Waals surface area contributed by atoms with Gasteiger partial charge in [-0.3, -0.25) is 30.1 Å². The van der Waals surface area contributed by atoms with Crippen LogP contribution in [-0.4, -0.2) is 92.3 Å². The van der Waals surface area contributed by atoms with Crippen LogP contribution in [-0.2, 0) is 15.0 Å². The number of nitrogens with zero attached hydrogens (tertiary/aromatic N) is 2. The zero-order valence-corrected chi connectivity index (χ0v) is 21.8. The lowest BCUT2D eigenvalue weighted by molar-refractivity contribution is -0.232. The molecule has 4 unspecified atom stereocenters. The Labute approximate surface area is 220 Å². The molecule has 0 saturated carbocycles. The summed E-state index contributed by atoms with van der Waals surface area (Å²) in [6.07, 6.45) is 0.194. The third kappa shape index (κ3) is 3.63. The lowest BCUT2D eigenvalue weighted by atomic mass is 9.80. The molecule has 4 aliphatic rings. The van der Waals surface area contributed by atoms with Gasteiger partial charge >= 0.3 is 0 Å². The average Bonchev–Trinajstić information content (AvgIpc) is 3.41. The van der Waals surface area contributed by atoms with E-state index < -0.39 is 35.5 Å². The fourth-order valence-electron chi connectivity index (χ4n) is 6.44. The average molecular weight is 527 g/mol. The molecule has 38 heavy (non-hydrogen) atoms. The van der Waals surface area contributed by atoms with Crippen LogP contribution in [0.1, 0.15) is 55.1 Å². The van der Waals surface area contributed by atoms with E-state index >= 15 is 0 Å². The molecule has 204 valence electrons. The number of carbonyl (C=O) groups excluding carboxylic acids is 3. The number of amides is 3. The Balaban J connectivity index is 1.48. The first-order chi connectivity index (χ1) is 17.7. The molecule has 0 bridgehead atoms. The number of carbonyl (C=O) groups is 3. The highest BCUT2D eigenvalue weighted by atomic mass is 16.5. The maximum absolute atomic E-state index is 13.5. The zero-order valence-electron chi connectivity index (χ0n) is 21.8. The van der Waals surface area contributed by atoms with Gasteiger partial charge < -0.3 is 36.4 Å². The van der Waals surface area contributed by atoms with Gasteiger partial charge in [-0.25, -0.2) is 0 Å². The Morgan fingerprint density at radius 2 is 1.82 bits per heavy atom. The molecule has 13 heteroatoms. The molecule has 8 N–H and O–H groups in total. The van der Waals surface area contributed by atoms with Crippen LogP contribution < -0.4 is 21.3 Å². The van der Waals surface area contributed by atoms with E-state index in [0.29, 0.717) is 5.56 Å². The highest BCUT2D eigenvalue weighted by molar-refractivity contribution is 6.02. The highest BCUT2D eigenvalue weighted by Gasteiger charge is 2.74. The summed E-state index contributed by atoms with van der Waals surface area (Å²) in [4.78, 5) is 40.5. The first-order valence-electron chi connectivity index (χ1n) is 12.6. The van der Waals surface area contributed by atoms with Crippen LogP contribution in [0.2, 0.25) is 0 Å². The molecule has 4 fully saturated rings. The van der Waals surface area contributed by atoms with Gasteiger partial charge in [-0.2, -0.15) is 0 Å². The Morgan fingerprint density at radius 1 is 1.16 bits per heavy atom. The second-order valence-corrected chi connectivity index (χ2v) is 11.5. The lowest BCUT2D eigenvalue weighted by Crippen LogP contribution is -2.81. The molecule has 4 aliphatic heterocycles. The van der Waals surface area contributed by atoms with E-state index in [9.17, 15) is 24.6 Å². The van der Waals surface area contributed by atoms with E-state index in [0.717, 1.165) is 16.0 Å². The van der Waals surface area contributed by atoms with Crippen molar-refractivity contribution in [1.82, 2.24) is 31.1 Å². The Kier molecular flexibility index (Phi) is 5.73. The molecule has 13 nitrogen and oxygen atoms in total. The van der Waals surface area contributed by atoms with Crippen molar-refractivity contribution in [3.63, 3.8) is 0 Å². The molecular weight excluding hydrogens is 492 g/mol. The number of aliphatic hydroxyl groups is 2. The summed E-state index contributed by atoms with van der Waals surface area (Å²) < 4.78 is 0. The number of hydrogen-bond donors (Lipinski definition) is 8. The normalized spacial score (nSPS) is 30.0. The van der Waals surface area contributed by atoms with Gasteiger partial charge in [0.1, 0.15) is 6.04 Å². The van der Waals surface area contributed by atoms with Crippen molar-refractivity contribution in [3.8, 4) is 0 Å². The van der Waals surface area contributed by atoms with E-state index in [-0.39, 0.29) is 55.1 Å². The second kappa shape index (κ2) is 8.40. The molecule has 0 radical (unpaired) electrons. The van der Waals surface area contributed by atoms with Crippen LogP contribution in [0.5, 0.6) is 0 Å². The van der Waals surface area contributed by atoms with Crippen LogP contribution in [0.4, 0.5) is 0 Å². The van der Waals surface area contributed by atoms with E-state index in [1.165, 1.54) is 4.90 Å². The lowest BCUT2D eigenvalue weighted by Gasteiger charge is -2.51. The van der Waals surface area contributed by atoms with Gasteiger partial charge in [0, 0.05) is 24.9 Å². The maximum atomic E-state index is 13.5. The third-order valence-corrected chi connectivity index (χ3v) is 8.00. The summed E-state index contributed by atoms with van der Waals surface area (Å²) in [6, 6.07) is 2.39. The van der Waals surface area contributed by atoms with Crippen molar-refractivity contribution in [1.29, 1.82) is 10.8 Å². The smallest absolute Gasteiger partial charge is 0.252 e. The number of hydrogen-bond acceptors (Lipinski definition) is 7. The fourth-order valence-corrected chi connectivity index (χ4v) is 6.44.